The van der Waals surface area contributed by atoms with Gasteiger partial charge < -0.3 is 10.1 Å². The van der Waals surface area contributed by atoms with Crippen LogP contribution in [-0.4, -0.2) is 39.0 Å². The van der Waals surface area contributed by atoms with E-state index in [9.17, 15) is 18.0 Å². The summed E-state index contributed by atoms with van der Waals surface area (Å²) in [6.45, 7) is 3.00. The van der Waals surface area contributed by atoms with Crippen molar-refractivity contribution in [2.45, 2.75) is 43.7 Å². The van der Waals surface area contributed by atoms with Crippen LogP contribution in [0.5, 0.6) is 0 Å². The van der Waals surface area contributed by atoms with Crippen LogP contribution in [0.25, 0.3) is 0 Å². The first-order chi connectivity index (χ1) is 11.6. The Hall–Kier alpha value is -1.35. The predicted molar refractivity (Wildman–Crippen MR) is 93.4 cm³/mol. The molecule has 1 aromatic carbocycles. The minimum atomic E-state index is -3.86. The van der Waals surface area contributed by atoms with Crippen LogP contribution in [0.2, 0.25) is 10.0 Å². The number of sulfonamides is 1. The number of carbonyl (C=O) groups is 2. The Morgan fingerprint density at radius 2 is 1.88 bits per heavy atom. The number of carbonyl (C=O) groups excluding carboxylic acids is 2. The molecule has 0 spiro atoms. The van der Waals surface area contributed by atoms with E-state index in [4.69, 9.17) is 27.9 Å². The molecular weight excluding hydrogens is 391 g/mol. The monoisotopic (exact) mass is 408 g/mol. The summed E-state index contributed by atoms with van der Waals surface area (Å²) in [6, 6.07) is 2.17. The lowest BCUT2D eigenvalue weighted by Gasteiger charge is -2.12. The van der Waals surface area contributed by atoms with Crippen LogP contribution < -0.4 is 10.0 Å². The first kappa shape index (κ1) is 20.0. The number of hydrogen-bond donors (Lipinski definition) is 2. The molecule has 1 amide bonds. The third-order valence-corrected chi connectivity index (χ3v) is 5.51. The van der Waals surface area contributed by atoms with Crippen molar-refractivity contribution in [2.75, 3.05) is 6.54 Å². The molecule has 0 saturated heterocycles. The van der Waals surface area contributed by atoms with Crippen molar-refractivity contribution in [3.05, 3.63) is 27.7 Å². The van der Waals surface area contributed by atoms with Gasteiger partial charge in [0.25, 0.3) is 5.91 Å². The molecule has 0 atom stereocenters. The second-order valence-electron chi connectivity index (χ2n) is 5.88. The van der Waals surface area contributed by atoms with Crippen LogP contribution in [0.15, 0.2) is 17.0 Å². The number of rotatable bonds is 7. The number of nitrogens with one attached hydrogen (secondary N) is 2. The molecule has 10 heteroatoms. The molecule has 0 bridgehead atoms. The van der Waals surface area contributed by atoms with E-state index in [1.807, 2.05) is 0 Å². The van der Waals surface area contributed by atoms with Gasteiger partial charge in [-0.05, 0) is 38.8 Å². The number of halogens is 2. The molecule has 0 radical (unpaired) electrons. The van der Waals surface area contributed by atoms with Crippen molar-refractivity contribution in [1.82, 2.24) is 10.0 Å². The first-order valence-electron chi connectivity index (χ1n) is 7.59. The largest absolute Gasteiger partial charge is 0.462 e. The Bertz CT molecular complexity index is 791. The maximum Gasteiger partial charge on any atom is 0.325 e. The van der Waals surface area contributed by atoms with E-state index in [0.29, 0.717) is 0 Å². The number of benzene rings is 1. The van der Waals surface area contributed by atoms with Crippen LogP contribution >= 0.6 is 23.2 Å². The quantitative estimate of drug-likeness (QED) is 0.672. The molecule has 2 rings (SSSR count). The summed E-state index contributed by atoms with van der Waals surface area (Å²) >= 11 is 12.0. The standard InChI is InChI=1S/C15H18Cl2N2O5S/c1-8(2)24-14(20)7-18-15(21)10-5-13(12(17)6-11(10)16)25(22,23)19-9-3-4-9/h5-6,8-9,19H,3-4,7H2,1-2H3,(H,18,21). The summed E-state index contributed by atoms with van der Waals surface area (Å²) < 4.78 is 32.0. The van der Waals surface area contributed by atoms with Gasteiger partial charge in [-0.1, -0.05) is 23.2 Å². The number of esters is 1. The second-order valence-corrected chi connectivity index (χ2v) is 8.38. The Morgan fingerprint density at radius 1 is 1.24 bits per heavy atom. The Morgan fingerprint density at radius 3 is 2.44 bits per heavy atom. The van der Waals surface area contributed by atoms with E-state index in [2.05, 4.69) is 10.0 Å². The molecule has 1 aliphatic rings. The Balaban J connectivity index is 2.18. The van der Waals surface area contributed by atoms with Gasteiger partial charge in [0.2, 0.25) is 10.0 Å². The third kappa shape index (κ3) is 5.57. The van der Waals surface area contributed by atoms with Crippen LogP contribution in [0.1, 0.15) is 37.0 Å². The van der Waals surface area contributed by atoms with Crippen LogP contribution in [0.3, 0.4) is 0 Å². The SMILES string of the molecule is CC(C)OC(=O)CNC(=O)c1cc(S(=O)(=O)NC2CC2)c(Cl)cc1Cl. The van der Waals surface area contributed by atoms with E-state index in [1.54, 1.807) is 13.8 Å². The smallest absolute Gasteiger partial charge is 0.325 e. The molecule has 1 aliphatic carbocycles. The average molecular weight is 409 g/mol. The molecule has 2 N–H and O–H groups in total. The molecule has 0 aromatic heterocycles. The van der Waals surface area contributed by atoms with Crippen molar-refractivity contribution < 1.29 is 22.7 Å². The minimum Gasteiger partial charge on any atom is -0.462 e. The van der Waals surface area contributed by atoms with Crippen LogP contribution in [0, 0.1) is 0 Å². The van der Waals surface area contributed by atoms with Gasteiger partial charge in [0.1, 0.15) is 11.4 Å². The lowest BCUT2D eigenvalue weighted by atomic mass is 10.2. The Labute approximate surface area is 156 Å². The molecule has 138 valence electrons. The van der Waals surface area contributed by atoms with E-state index < -0.39 is 21.9 Å². The van der Waals surface area contributed by atoms with Gasteiger partial charge in [-0.15, -0.1) is 0 Å². The van der Waals surface area contributed by atoms with Gasteiger partial charge in [0.15, 0.2) is 0 Å². The maximum absolute atomic E-state index is 12.3. The lowest BCUT2D eigenvalue weighted by molar-refractivity contribution is -0.146. The summed E-state index contributed by atoms with van der Waals surface area (Å²) in [5.41, 5.74) is -0.0976. The highest BCUT2D eigenvalue weighted by atomic mass is 35.5. The highest BCUT2D eigenvalue weighted by Crippen LogP contribution is 2.30. The Kier molecular flexibility index (Phi) is 6.31. The zero-order valence-electron chi connectivity index (χ0n) is 13.6. The lowest BCUT2D eigenvalue weighted by Crippen LogP contribution is -2.32. The molecule has 1 aromatic rings. The fraction of sp³-hybridized carbons (Fsp3) is 0.467. The predicted octanol–water partition coefficient (Wildman–Crippen LogP) is 2.12. The molecule has 1 fully saturated rings. The van der Waals surface area contributed by atoms with E-state index in [1.165, 1.54) is 6.07 Å². The van der Waals surface area contributed by atoms with Crippen molar-refractivity contribution in [2.24, 2.45) is 0 Å². The zero-order valence-corrected chi connectivity index (χ0v) is 16.0. The third-order valence-electron chi connectivity index (χ3n) is 3.22. The van der Waals surface area contributed by atoms with E-state index in [0.717, 1.165) is 18.9 Å². The second kappa shape index (κ2) is 7.90. The first-order valence-corrected chi connectivity index (χ1v) is 9.83. The molecule has 25 heavy (non-hydrogen) atoms. The molecule has 7 nitrogen and oxygen atoms in total. The van der Waals surface area contributed by atoms with Crippen LogP contribution in [0.4, 0.5) is 0 Å². The molecule has 1 saturated carbocycles. The van der Waals surface area contributed by atoms with E-state index >= 15 is 0 Å². The van der Waals surface area contributed by atoms with Crippen LogP contribution in [-0.2, 0) is 19.6 Å². The van der Waals surface area contributed by atoms with Gasteiger partial charge in [0, 0.05) is 6.04 Å². The highest BCUT2D eigenvalue weighted by molar-refractivity contribution is 7.89. The van der Waals surface area contributed by atoms with Gasteiger partial charge in [-0.2, -0.15) is 0 Å². The molecule has 0 heterocycles. The summed E-state index contributed by atoms with van der Waals surface area (Å²) in [6.07, 6.45) is 1.21. The van der Waals surface area contributed by atoms with Crippen molar-refractivity contribution in [3.8, 4) is 0 Å². The van der Waals surface area contributed by atoms with Gasteiger partial charge in [-0.25, -0.2) is 13.1 Å². The van der Waals surface area contributed by atoms with E-state index in [-0.39, 0.29) is 39.2 Å². The number of amides is 1. The molecule has 0 aliphatic heterocycles. The molecular formula is C15H18Cl2N2O5S. The zero-order chi connectivity index (χ0) is 18.8. The van der Waals surface area contributed by atoms with Crippen molar-refractivity contribution >= 4 is 45.1 Å². The average Bonchev–Trinajstić information content (AvgIpc) is 3.27. The summed E-state index contributed by atoms with van der Waals surface area (Å²) in [4.78, 5) is 23.5. The summed E-state index contributed by atoms with van der Waals surface area (Å²) in [7, 11) is -3.86. The maximum atomic E-state index is 12.3. The molecule has 0 unspecified atom stereocenters. The van der Waals surface area contributed by atoms with Crippen molar-refractivity contribution in [3.63, 3.8) is 0 Å². The highest BCUT2D eigenvalue weighted by Gasteiger charge is 2.30. The minimum absolute atomic E-state index is 0.0231. The number of hydrogen-bond acceptors (Lipinski definition) is 5. The van der Waals surface area contributed by atoms with Crippen molar-refractivity contribution in [1.29, 1.82) is 0 Å². The fourth-order valence-electron chi connectivity index (χ4n) is 1.95. The summed E-state index contributed by atoms with van der Waals surface area (Å²) in [5, 5.41) is 2.23. The normalized spacial score (nSPS) is 14.4. The van der Waals surface area contributed by atoms with Gasteiger partial charge in [-0.3, -0.25) is 9.59 Å². The fourth-order valence-corrected chi connectivity index (χ4v) is 4.11. The number of ether oxygens (including phenoxy) is 1. The summed E-state index contributed by atoms with van der Waals surface area (Å²) in [5.74, 6) is -1.32. The van der Waals surface area contributed by atoms with Gasteiger partial charge in [0.05, 0.1) is 21.7 Å². The topological polar surface area (TPSA) is 102 Å². The van der Waals surface area contributed by atoms with Gasteiger partial charge >= 0.3 is 5.97 Å².